The summed E-state index contributed by atoms with van der Waals surface area (Å²) in [6.45, 7) is 2.54. The molecule has 0 fully saturated rings. The first-order valence-electron chi connectivity index (χ1n) is 5.75. The van der Waals surface area contributed by atoms with Crippen molar-refractivity contribution in [3.63, 3.8) is 0 Å². The minimum absolute atomic E-state index is 0.155. The van der Waals surface area contributed by atoms with Crippen molar-refractivity contribution < 1.29 is 4.79 Å². The Balaban J connectivity index is 2.78. The Morgan fingerprint density at radius 2 is 2.06 bits per heavy atom. The number of nitrogens with two attached hydrogens (primary N) is 1. The summed E-state index contributed by atoms with van der Waals surface area (Å²) in [4.78, 5) is 13.6. The van der Waals surface area contributed by atoms with E-state index in [0.717, 1.165) is 24.1 Å². The molecule has 0 unspecified atom stereocenters. The van der Waals surface area contributed by atoms with Gasteiger partial charge >= 0.3 is 0 Å². The fourth-order valence-electron chi connectivity index (χ4n) is 1.64. The second-order valence-corrected chi connectivity index (χ2v) is 3.89. The number of rotatable bonds is 5. The van der Waals surface area contributed by atoms with Crippen LogP contribution in [0, 0.1) is 0 Å². The van der Waals surface area contributed by atoms with Crippen LogP contribution >= 0.6 is 0 Å². The number of amides is 1. The van der Waals surface area contributed by atoms with Crippen molar-refractivity contribution in [1.29, 1.82) is 0 Å². The van der Waals surface area contributed by atoms with Crippen LogP contribution in [-0.4, -0.2) is 13.0 Å². The molecule has 1 amide bonds. The largest absolute Gasteiger partial charge is 0.326 e. The smallest absolute Gasteiger partial charge is 0.226 e. The summed E-state index contributed by atoms with van der Waals surface area (Å²) in [5.41, 5.74) is 7.58. The minimum atomic E-state index is 0.155. The average Bonchev–Trinajstić information content (AvgIpc) is 2.34. The maximum absolute atomic E-state index is 11.9. The standard InChI is InChI=1S/C13H20N2O/c1-3-4-9-13(16)15(2)12-8-6-5-7-11(12)10-14/h5-8H,3-4,9-10,14H2,1-2H3. The van der Waals surface area contributed by atoms with Crippen LogP contribution in [-0.2, 0) is 11.3 Å². The number of benzene rings is 1. The van der Waals surface area contributed by atoms with E-state index >= 15 is 0 Å². The van der Waals surface area contributed by atoms with Crippen molar-refractivity contribution in [3.05, 3.63) is 29.8 Å². The molecule has 88 valence electrons. The second kappa shape index (κ2) is 6.28. The van der Waals surface area contributed by atoms with Crippen LogP contribution in [0.1, 0.15) is 31.7 Å². The molecule has 0 saturated heterocycles. The number of anilines is 1. The van der Waals surface area contributed by atoms with Gasteiger partial charge in [0.25, 0.3) is 0 Å². The van der Waals surface area contributed by atoms with Crippen molar-refractivity contribution in [2.45, 2.75) is 32.7 Å². The maximum atomic E-state index is 11.9. The first kappa shape index (κ1) is 12.7. The van der Waals surface area contributed by atoms with E-state index in [1.54, 1.807) is 4.90 Å². The summed E-state index contributed by atoms with van der Waals surface area (Å²) < 4.78 is 0. The molecule has 0 aliphatic carbocycles. The number of para-hydroxylation sites is 1. The summed E-state index contributed by atoms with van der Waals surface area (Å²) in [5.74, 6) is 0.155. The van der Waals surface area contributed by atoms with Gasteiger partial charge in [0.15, 0.2) is 0 Å². The van der Waals surface area contributed by atoms with Gasteiger partial charge in [0, 0.05) is 25.7 Å². The summed E-state index contributed by atoms with van der Waals surface area (Å²) in [6, 6.07) is 7.76. The highest BCUT2D eigenvalue weighted by Gasteiger charge is 2.12. The number of carbonyl (C=O) groups is 1. The molecule has 0 aliphatic heterocycles. The summed E-state index contributed by atoms with van der Waals surface area (Å²) in [5, 5.41) is 0. The van der Waals surface area contributed by atoms with Crippen LogP contribution < -0.4 is 10.6 Å². The van der Waals surface area contributed by atoms with Crippen molar-refractivity contribution >= 4 is 11.6 Å². The third kappa shape index (κ3) is 3.07. The fraction of sp³-hybridized carbons (Fsp3) is 0.462. The molecule has 0 aliphatic rings. The summed E-state index contributed by atoms with van der Waals surface area (Å²) >= 11 is 0. The van der Waals surface area contributed by atoms with Crippen molar-refractivity contribution in [3.8, 4) is 0 Å². The molecular weight excluding hydrogens is 200 g/mol. The monoisotopic (exact) mass is 220 g/mol. The Hall–Kier alpha value is -1.35. The van der Waals surface area contributed by atoms with Gasteiger partial charge in [-0.05, 0) is 18.1 Å². The fourth-order valence-corrected chi connectivity index (χ4v) is 1.64. The van der Waals surface area contributed by atoms with Gasteiger partial charge in [0.1, 0.15) is 0 Å². The van der Waals surface area contributed by atoms with E-state index in [1.807, 2.05) is 31.3 Å². The molecule has 0 heterocycles. The van der Waals surface area contributed by atoms with Crippen molar-refractivity contribution in [1.82, 2.24) is 0 Å². The zero-order valence-corrected chi connectivity index (χ0v) is 10.1. The van der Waals surface area contributed by atoms with Crippen LogP contribution in [0.3, 0.4) is 0 Å². The van der Waals surface area contributed by atoms with Crippen LogP contribution in [0.4, 0.5) is 5.69 Å². The highest BCUT2D eigenvalue weighted by molar-refractivity contribution is 5.93. The van der Waals surface area contributed by atoms with Crippen molar-refractivity contribution in [2.75, 3.05) is 11.9 Å². The Kier molecular flexibility index (Phi) is 4.99. The van der Waals surface area contributed by atoms with E-state index in [2.05, 4.69) is 6.92 Å². The van der Waals surface area contributed by atoms with Gasteiger partial charge in [0.2, 0.25) is 5.91 Å². The third-order valence-corrected chi connectivity index (χ3v) is 2.69. The van der Waals surface area contributed by atoms with Gasteiger partial charge in [-0.2, -0.15) is 0 Å². The van der Waals surface area contributed by atoms with Gasteiger partial charge in [-0.3, -0.25) is 4.79 Å². The highest BCUT2D eigenvalue weighted by atomic mass is 16.2. The molecule has 1 rings (SSSR count). The van der Waals surface area contributed by atoms with Gasteiger partial charge < -0.3 is 10.6 Å². The van der Waals surface area contributed by atoms with E-state index in [0.29, 0.717) is 13.0 Å². The van der Waals surface area contributed by atoms with E-state index in [9.17, 15) is 4.79 Å². The first-order chi connectivity index (χ1) is 7.70. The van der Waals surface area contributed by atoms with Crippen LogP contribution in [0.5, 0.6) is 0 Å². The molecule has 0 aromatic heterocycles. The lowest BCUT2D eigenvalue weighted by Crippen LogP contribution is -2.27. The van der Waals surface area contributed by atoms with Crippen molar-refractivity contribution in [2.24, 2.45) is 5.73 Å². The van der Waals surface area contributed by atoms with Gasteiger partial charge in [-0.15, -0.1) is 0 Å². The van der Waals surface area contributed by atoms with Crippen LogP contribution in [0.15, 0.2) is 24.3 Å². The molecule has 0 atom stereocenters. The number of nitrogens with zero attached hydrogens (tertiary/aromatic N) is 1. The van der Waals surface area contributed by atoms with Crippen LogP contribution in [0.25, 0.3) is 0 Å². The molecule has 0 radical (unpaired) electrons. The van der Waals surface area contributed by atoms with Gasteiger partial charge in [0.05, 0.1) is 0 Å². The van der Waals surface area contributed by atoms with E-state index in [1.165, 1.54) is 0 Å². The topological polar surface area (TPSA) is 46.3 Å². The van der Waals surface area contributed by atoms with E-state index in [4.69, 9.17) is 5.73 Å². The molecule has 0 saturated carbocycles. The SMILES string of the molecule is CCCCC(=O)N(C)c1ccccc1CN. The third-order valence-electron chi connectivity index (χ3n) is 2.69. The summed E-state index contributed by atoms with van der Waals surface area (Å²) in [7, 11) is 1.81. The van der Waals surface area contributed by atoms with Gasteiger partial charge in [-0.1, -0.05) is 31.5 Å². The number of unbranched alkanes of at least 4 members (excludes halogenated alkanes) is 1. The molecule has 3 heteroatoms. The molecule has 3 nitrogen and oxygen atoms in total. The zero-order chi connectivity index (χ0) is 12.0. The zero-order valence-electron chi connectivity index (χ0n) is 10.1. The minimum Gasteiger partial charge on any atom is -0.326 e. The number of carbonyl (C=O) groups excluding carboxylic acids is 1. The first-order valence-corrected chi connectivity index (χ1v) is 5.75. The second-order valence-electron chi connectivity index (χ2n) is 3.89. The lowest BCUT2D eigenvalue weighted by Gasteiger charge is -2.20. The molecule has 0 bridgehead atoms. The molecule has 16 heavy (non-hydrogen) atoms. The predicted molar refractivity (Wildman–Crippen MR) is 67.3 cm³/mol. The summed E-state index contributed by atoms with van der Waals surface area (Å²) in [6.07, 6.45) is 2.58. The molecule has 1 aromatic carbocycles. The van der Waals surface area contributed by atoms with Crippen LogP contribution in [0.2, 0.25) is 0 Å². The average molecular weight is 220 g/mol. The molecule has 0 spiro atoms. The Morgan fingerprint density at radius 1 is 1.38 bits per heavy atom. The number of hydrogen-bond acceptors (Lipinski definition) is 2. The Bertz CT molecular complexity index is 350. The normalized spacial score (nSPS) is 10.2. The quantitative estimate of drug-likeness (QED) is 0.827. The number of hydrogen-bond donors (Lipinski definition) is 1. The van der Waals surface area contributed by atoms with Gasteiger partial charge in [-0.25, -0.2) is 0 Å². The lowest BCUT2D eigenvalue weighted by atomic mass is 10.1. The molecule has 2 N–H and O–H groups in total. The molecular formula is C13H20N2O. The Labute approximate surface area is 97.2 Å². The van der Waals surface area contributed by atoms with E-state index in [-0.39, 0.29) is 5.91 Å². The van der Waals surface area contributed by atoms with E-state index < -0.39 is 0 Å². The predicted octanol–water partition coefficient (Wildman–Crippen LogP) is 2.30. The maximum Gasteiger partial charge on any atom is 0.226 e. The lowest BCUT2D eigenvalue weighted by molar-refractivity contribution is -0.118. The Morgan fingerprint density at radius 3 is 2.69 bits per heavy atom. The highest BCUT2D eigenvalue weighted by Crippen LogP contribution is 2.19. The molecule has 1 aromatic rings.